The number of aromatic nitrogens is 1. The van der Waals surface area contributed by atoms with Crippen LogP contribution in [0.15, 0.2) is 30.5 Å². The fourth-order valence-corrected chi connectivity index (χ4v) is 2.19. The highest BCUT2D eigenvalue weighted by Crippen LogP contribution is 2.20. The van der Waals surface area contributed by atoms with Gasteiger partial charge in [-0.05, 0) is 30.0 Å². The van der Waals surface area contributed by atoms with Crippen LogP contribution in [0.1, 0.15) is 13.3 Å². The minimum Gasteiger partial charge on any atom is -0.480 e. The lowest BCUT2D eigenvalue weighted by atomic mass is 10.2. The van der Waals surface area contributed by atoms with Gasteiger partial charge < -0.3 is 15.0 Å². The molecule has 1 atom stereocenters. The summed E-state index contributed by atoms with van der Waals surface area (Å²) in [6.45, 7) is 1.78. The maximum absolute atomic E-state index is 11.9. The summed E-state index contributed by atoms with van der Waals surface area (Å²) < 4.78 is 1.74. The molecule has 0 aliphatic carbocycles. The first-order valence-corrected chi connectivity index (χ1v) is 6.65. The van der Waals surface area contributed by atoms with Gasteiger partial charge in [-0.15, -0.1) is 0 Å². The van der Waals surface area contributed by atoms with E-state index in [9.17, 15) is 9.59 Å². The van der Waals surface area contributed by atoms with Gasteiger partial charge in [0, 0.05) is 16.7 Å². The number of aliphatic carboxylic acids is 1. The van der Waals surface area contributed by atoms with Crippen LogP contribution in [0.4, 0.5) is 0 Å². The van der Waals surface area contributed by atoms with Gasteiger partial charge in [-0.2, -0.15) is 0 Å². The number of carbonyl (C=O) groups excluding carboxylic acids is 1. The molecule has 0 bridgehead atoms. The molecule has 1 heterocycles. The van der Waals surface area contributed by atoms with E-state index in [-0.39, 0.29) is 12.5 Å². The highest BCUT2D eigenvalue weighted by Gasteiger charge is 2.17. The van der Waals surface area contributed by atoms with E-state index in [0.717, 1.165) is 10.9 Å². The predicted octanol–water partition coefficient (Wildman–Crippen LogP) is 2.27. The van der Waals surface area contributed by atoms with E-state index in [1.165, 1.54) is 0 Å². The molecule has 1 amide bonds. The molecule has 6 heteroatoms. The Morgan fingerprint density at radius 3 is 2.80 bits per heavy atom. The summed E-state index contributed by atoms with van der Waals surface area (Å²) in [4.78, 5) is 22.8. The number of benzene rings is 1. The van der Waals surface area contributed by atoms with Crippen molar-refractivity contribution in [2.75, 3.05) is 0 Å². The summed E-state index contributed by atoms with van der Waals surface area (Å²) >= 11 is 5.94. The van der Waals surface area contributed by atoms with Crippen molar-refractivity contribution in [2.24, 2.45) is 0 Å². The van der Waals surface area contributed by atoms with E-state index in [1.807, 2.05) is 12.1 Å². The van der Waals surface area contributed by atoms with Gasteiger partial charge in [0.05, 0.1) is 0 Å². The Bertz CT molecular complexity index is 651. The quantitative estimate of drug-likeness (QED) is 0.888. The number of nitrogens with one attached hydrogen (secondary N) is 1. The molecule has 2 aromatic rings. The number of rotatable bonds is 5. The molecule has 20 heavy (non-hydrogen) atoms. The van der Waals surface area contributed by atoms with Gasteiger partial charge in [0.15, 0.2) is 0 Å². The van der Waals surface area contributed by atoms with Crippen LogP contribution in [0.5, 0.6) is 0 Å². The summed E-state index contributed by atoms with van der Waals surface area (Å²) in [7, 11) is 0. The molecule has 1 aromatic heterocycles. The van der Waals surface area contributed by atoms with E-state index in [4.69, 9.17) is 16.7 Å². The molecule has 1 aromatic carbocycles. The molecule has 0 fully saturated rings. The number of nitrogens with zero attached hydrogens (tertiary/aromatic N) is 1. The fourth-order valence-electron chi connectivity index (χ4n) is 2.03. The van der Waals surface area contributed by atoms with Gasteiger partial charge in [-0.1, -0.05) is 24.6 Å². The molecule has 5 nitrogen and oxygen atoms in total. The molecule has 0 aliphatic rings. The van der Waals surface area contributed by atoms with Crippen LogP contribution in [-0.2, 0) is 16.1 Å². The molecule has 106 valence electrons. The third-order valence-electron chi connectivity index (χ3n) is 3.09. The number of halogens is 1. The van der Waals surface area contributed by atoms with Crippen LogP contribution in [-0.4, -0.2) is 27.6 Å². The van der Waals surface area contributed by atoms with Crippen LogP contribution in [0.2, 0.25) is 5.02 Å². The molecule has 0 spiro atoms. The van der Waals surface area contributed by atoms with Crippen molar-refractivity contribution in [3.05, 3.63) is 35.5 Å². The fraction of sp³-hybridized carbons (Fsp3) is 0.286. The van der Waals surface area contributed by atoms with Crippen LogP contribution >= 0.6 is 11.6 Å². The Kier molecular flexibility index (Phi) is 4.29. The Morgan fingerprint density at radius 2 is 2.15 bits per heavy atom. The zero-order valence-corrected chi connectivity index (χ0v) is 11.7. The highest BCUT2D eigenvalue weighted by atomic mass is 35.5. The average molecular weight is 295 g/mol. The Labute approximate surface area is 121 Å². The molecule has 0 saturated carbocycles. The maximum Gasteiger partial charge on any atom is 0.326 e. The lowest BCUT2D eigenvalue weighted by Gasteiger charge is -2.13. The van der Waals surface area contributed by atoms with Gasteiger partial charge in [0.1, 0.15) is 12.6 Å². The average Bonchev–Trinajstić information content (AvgIpc) is 2.78. The topological polar surface area (TPSA) is 71.3 Å². The minimum atomic E-state index is -1.03. The van der Waals surface area contributed by atoms with E-state index >= 15 is 0 Å². The summed E-state index contributed by atoms with van der Waals surface area (Å²) in [6.07, 6.45) is 2.13. The second kappa shape index (κ2) is 5.96. The Balaban J connectivity index is 2.14. The number of amides is 1. The van der Waals surface area contributed by atoms with E-state index in [1.54, 1.807) is 29.8 Å². The van der Waals surface area contributed by atoms with Gasteiger partial charge in [0.2, 0.25) is 5.91 Å². The third kappa shape index (κ3) is 3.11. The van der Waals surface area contributed by atoms with Crippen LogP contribution in [0.25, 0.3) is 10.9 Å². The minimum absolute atomic E-state index is 0.0631. The Morgan fingerprint density at radius 1 is 1.40 bits per heavy atom. The molecule has 0 radical (unpaired) electrons. The summed E-state index contributed by atoms with van der Waals surface area (Å²) in [5.41, 5.74) is 0.844. The van der Waals surface area contributed by atoms with Crippen molar-refractivity contribution in [3.63, 3.8) is 0 Å². The number of carbonyl (C=O) groups is 2. The lowest BCUT2D eigenvalue weighted by molar-refractivity contribution is -0.142. The largest absolute Gasteiger partial charge is 0.480 e. The summed E-state index contributed by atoms with van der Waals surface area (Å²) in [5, 5.41) is 13.0. The number of carboxylic acid groups (broad SMARTS) is 1. The lowest BCUT2D eigenvalue weighted by Crippen LogP contribution is -2.41. The van der Waals surface area contributed by atoms with Gasteiger partial charge in [0.25, 0.3) is 0 Å². The predicted molar refractivity (Wildman–Crippen MR) is 76.8 cm³/mol. The van der Waals surface area contributed by atoms with Crippen molar-refractivity contribution >= 4 is 34.4 Å². The number of fused-ring (bicyclic) bond motifs is 1. The third-order valence-corrected chi connectivity index (χ3v) is 3.33. The second-order valence-electron chi connectivity index (χ2n) is 4.51. The van der Waals surface area contributed by atoms with E-state index < -0.39 is 12.0 Å². The monoisotopic (exact) mass is 294 g/mol. The standard InChI is InChI=1S/C14H15ClN2O3/c1-2-11(14(19)20)16-13(18)8-17-6-5-9-3-4-10(15)7-12(9)17/h3-7,11H,2,8H2,1H3,(H,16,18)(H,19,20). The van der Waals surface area contributed by atoms with E-state index in [0.29, 0.717) is 11.4 Å². The maximum atomic E-state index is 11.9. The molecule has 0 saturated heterocycles. The first-order chi connectivity index (χ1) is 9.51. The van der Waals surface area contributed by atoms with Crippen molar-refractivity contribution in [1.29, 1.82) is 0 Å². The second-order valence-corrected chi connectivity index (χ2v) is 4.95. The SMILES string of the molecule is CCC(NC(=O)Cn1ccc2ccc(Cl)cc21)C(=O)O. The first kappa shape index (κ1) is 14.4. The normalized spacial score (nSPS) is 12.3. The van der Waals surface area contributed by atoms with Crippen molar-refractivity contribution in [1.82, 2.24) is 9.88 Å². The van der Waals surface area contributed by atoms with Gasteiger partial charge >= 0.3 is 5.97 Å². The smallest absolute Gasteiger partial charge is 0.326 e. The van der Waals surface area contributed by atoms with Crippen molar-refractivity contribution in [3.8, 4) is 0 Å². The van der Waals surface area contributed by atoms with Crippen LogP contribution in [0.3, 0.4) is 0 Å². The molecular weight excluding hydrogens is 280 g/mol. The zero-order valence-electron chi connectivity index (χ0n) is 11.0. The highest BCUT2D eigenvalue weighted by molar-refractivity contribution is 6.31. The summed E-state index contributed by atoms with van der Waals surface area (Å²) in [5.74, 6) is -1.36. The van der Waals surface area contributed by atoms with E-state index in [2.05, 4.69) is 5.32 Å². The van der Waals surface area contributed by atoms with Gasteiger partial charge in [-0.25, -0.2) is 4.79 Å². The molecule has 2 N–H and O–H groups in total. The molecular formula is C14H15ClN2O3. The molecule has 1 unspecified atom stereocenters. The molecule has 2 rings (SSSR count). The number of hydrogen-bond acceptors (Lipinski definition) is 2. The zero-order chi connectivity index (χ0) is 14.7. The number of hydrogen-bond donors (Lipinski definition) is 2. The van der Waals surface area contributed by atoms with Crippen LogP contribution < -0.4 is 5.32 Å². The molecule has 0 aliphatic heterocycles. The number of carboxylic acids is 1. The van der Waals surface area contributed by atoms with Crippen molar-refractivity contribution in [2.45, 2.75) is 25.9 Å². The van der Waals surface area contributed by atoms with Crippen LogP contribution in [0, 0.1) is 0 Å². The summed E-state index contributed by atoms with van der Waals surface area (Å²) in [6, 6.07) is 6.46. The Hall–Kier alpha value is -2.01. The first-order valence-electron chi connectivity index (χ1n) is 6.28. The van der Waals surface area contributed by atoms with Crippen molar-refractivity contribution < 1.29 is 14.7 Å². The van der Waals surface area contributed by atoms with Gasteiger partial charge in [-0.3, -0.25) is 4.79 Å².